The Bertz CT molecular complexity index is 156. The number of aliphatic hydroxyl groups excluding tert-OH is 3. The molecule has 3 N–H and O–H groups in total. The van der Waals surface area contributed by atoms with Crippen molar-refractivity contribution in [2.45, 2.75) is 25.0 Å². The number of nitrogens with zero attached hydrogens (tertiary/aromatic N) is 1. The maximum Gasteiger partial charge on any atom is 0.292 e. The first kappa shape index (κ1) is 11.3. The van der Waals surface area contributed by atoms with Crippen LogP contribution in [0.15, 0.2) is 0 Å². The Morgan fingerprint density at radius 1 is 1.50 bits per heavy atom. The van der Waals surface area contributed by atoms with E-state index >= 15 is 0 Å². The molecule has 6 heteroatoms. The van der Waals surface area contributed by atoms with E-state index in [1.807, 2.05) is 0 Å². The Labute approximate surface area is 69.6 Å². The zero-order chi connectivity index (χ0) is 9.78. The molecule has 0 saturated heterocycles. The fourth-order valence-electron chi connectivity index (χ4n) is 0.878. The molecular formula is C6H13NO5. The Morgan fingerprint density at radius 3 is 2.00 bits per heavy atom. The van der Waals surface area contributed by atoms with E-state index in [2.05, 4.69) is 0 Å². The van der Waals surface area contributed by atoms with Crippen LogP contribution in [-0.2, 0) is 0 Å². The third-order valence-electron chi connectivity index (χ3n) is 1.92. The van der Waals surface area contributed by atoms with Gasteiger partial charge in [0.2, 0.25) is 0 Å². The van der Waals surface area contributed by atoms with Crippen molar-refractivity contribution < 1.29 is 20.2 Å². The van der Waals surface area contributed by atoms with Gasteiger partial charge in [-0.3, -0.25) is 10.1 Å². The molecule has 0 bridgehead atoms. The molecule has 0 aliphatic rings. The summed E-state index contributed by atoms with van der Waals surface area (Å²) in [5, 5.41) is 37.0. The van der Waals surface area contributed by atoms with Crippen molar-refractivity contribution in [2.24, 2.45) is 0 Å². The zero-order valence-electron chi connectivity index (χ0n) is 6.80. The normalized spacial score (nSPS) is 14.3. The summed E-state index contributed by atoms with van der Waals surface area (Å²) in [6.07, 6.45) is -1.22. The van der Waals surface area contributed by atoms with E-state index in [0.29, 0.717) is 0 Å². The van der Waals surface area contributed by atoms with Crippen molar-refractivity contribution in [1.82, 2.24) is 0 Å². The van der Waals surface area contributed by atoms with Gasteiger partial charge >= 0.3 is 0 Å². The lowest BCUT2D eigenvalue weighted by molar-refractivity contribution is -0.590. The Morgan fingerprint density at radius 2 is 1.92 bits per heavy atom. The molecule has 0 aliphatic carbocycles. The predicted molar refractivity (Wildman–Crippen MR) is 40.2 cm³/mol. The molecule has 0 heterocycles. The highest BCUT2D eigenvalue weighted by molar-refractivity contribution is 4.85. The molecule has 1 unspecified atom stereocenters. The van der Waals surface area contributed by atoms with Crippen molar-refractivity contribution in [3.8, 4) is 0 Å². The second-order valence-electron chi connectivity index (χ2n) is 2.60. The Hall–Kier alpha value is -0.720. The van der Waals surface area contributed by atoms with Crippen LogP contribution in [0.25, 0.3) is 0 Å². The standard InChI is InChI=1S/C6H13NO5/c1-2-5(10)6(3-8,4-9)7(11)12/h5,8-10H,2-4H2,1H3. The monoisotopic (exact) mass is 179 g/mol. The molecule has 0 fully saturated rings. The SMILES string of the molecule is CCC(O)C(CO)(CO)[N+](=O)[O-]. The van der Waals surface area contributed by atoms with Crippen LogP contribution in [0.2, 0.25) is 0 Å². The molecular weight excluding hydrogens is 166 g/mol. The minimum atomic E-state index is -2.02. The van der Waals surface area contributed by atoms with Crippen molar-refractivity contribution in [3.05, 3.63) is 10.1 Å². The summed E-state index contributed by atoms with van der Waals surface area (Å²) < 4.78 is 0. The third-order valence-corrected chi connectivity index (χ3v) is 1.92. The van der Waals surface area contributed by atoms with Crippen LogP contribution >= 0.6 is 0 Å². The van der Waals surface area contributed by atoms with Gasteiger partial charge in [-0.2, -0.15) is 0 Å². The maximum atomic E-state index is 10.4. The summed E-state index contributed by atoms with van der Waals surface area (Å²) in [5.74, 6) is 0. The molecule has 72 valence electrons. The maximum absolute atomic E-state index is 10.4. The van der Waals surface area contributed by atoms with Crippen molar-refractivity contribution in [3.63, 3.8) is 0 Å². The summed E-state index contributed by atoms with van der Waals surface area (Å²) in [7, 11) is 0. The minimum absolute atomic E-state index is 0.113. The fraction of sp³-hybridized carbons (Fsp3) is 1.00. The largest absolute Gasteiger partial charge is 0.389 e. The van der Waals surface area contributed by atoms with Crippen LogP contribution in [0.1, 0.15) is 13.3 Å². The van der Waals surface area contributed by atoms with E-state index in [9.17, 15) is 15.2 Å². The molecule has 0 radical (unpaired) electrons. The van der Waals surface area contributed by atoms with Crippen LogP contribution in [-0.4, -0.2) is 45.1 Å². The third kappa shape index (κ3) is 1.71. The molecule has 0 spiro atoms. The van der Waals surface area contributed by atoms with Crippen LogP contribution in [0.5, 0.6) is 0 Å². The summed E-state index contributed by atoms with van der Waals surface area (Å²) in [5.41, 5.74) is -2.02. The van der Waals surface area contributed by atoms with Crippen molar-refractivity contribution in [1.29, 1.82) is 0 Å². The highest BCUT2D eigenvalue weighted by Gasteiger charge is 2.48. The fourth-order valence-corrected chi connectivity index (χ4v) is 0.878. The van der Waals surface area contributed by atoms with E-state index in [1.165, 1.54) is 6.92 Å². The summed E-state index contributed by atoms with van der Waals surface area (Å²) in [4.78, 5) is 9.56. The molecule has 0 aromatic heterocycles. The minimum Gasteiger partial charge on any atom is -0.389 e. The summed E-state index contributed by atoms with van der Waals surface area (Å²) >= 11 is 0. The highest BCUT2D eigenvalue weighted by atomic mass is 16.6. The number of hydrogen-bond donors (Lipinski definition) is 3. The topological polar surface area (TPSA) is 104 Å². The first-order chi connectivity index (χ1) is 5.55. The summed E-state index contributed by atoms with van der Waals surface area (Å²) in [6.45, 7) is -0.203. The average molecular weight is 179 g/mol. The van der Waals surface area contributed by atoms with Crippen LogP contribution < -0.4 is 0 Å². The van der Waals surface area contributed by atoms with Gasteiger partial charge in [0.1, 0.15) is 19.3 Å². The van der Waals surface area contributed by atoms with Gasteiger partial charge in [0, 0.05) is 4.92 Å². The van der Waals surface area contributed by atoms with Gasteiger partial charge in [-0.1, -0.05) is 6.92 Å². The van der Waals surface area contributed by atoms with Gasteiger partial charge in [0.15, 0.2) is 0 Å². The second kappa shape index (κ2) is 4.34. The first-order valence-electron chi connectivity index (χ1n) is 3.59. The molecule has 12 heavy (non-hydrogen) atoms. The van der Waals surface area contributed by atoms with E-state index < -0.39 is 29.8 Å². The van der Waals surface area contributed by atoms with Gasteiger partial charge in [-0.15, -0.1) is 0 Å². The molecule has 0 aromatic carbocycles. The molecule has 0 rings (SSSR count). The lowest BCUT2D eigenvalue weighted by Crippen LogP contribution is -2.55. The second-order valence-corrected chi connectivity index (χ2v) is 2.60. The number of hydrogen-bond acceptors (Lipinski definition) is 5. The van der Waals surface area contributed by atoms with Gasteiger partial charge in [-0.05, 0) is 6.42 Å². The van der Waals surface area contributed by atoms with Crippen LogP contribution in [0.3, 0.4) is 0 Å². The lowest BCUT2D eigenvalue weighted by Gasteiger charge is -2.24. The molecule has 0 aliphatic heterocycles. The predicted octanol–water partition coefficient (Wildman–Crippen LogP) is -1.24. The first-order valence-corrected chi connectivity index (χ1v) is 3.59. The van der Waals surface area contributed by atoms with E-state index in [0.717, 1.165) is 0 Å². The highest BCUT2D eigenvalue weighted by Crippen LogP contribution is 2.16. The Kier molecular flexibility index (Phi) is 4.08. The quantitative estimate of drug-likeness (QED) is 0.361. The number of aliphatic hydroxyl groups is 3. The number of rotatable bonds is 5. The average Bonchev–Trinajstić information content (AvgIpc) is 2.06. The molecule has 0 amide bonds. The molecule has 6 nitrogen and oxygen atoms in total. The molecule has 1 atom stereocenters. The van der Waals surface area contributed by atoms with Crippen molar-refractivity contribution in [2.75, 3.05) is 13.2 Å². The van der Waals surface area contributed by atoms with Crippen LogP contribution in [0, 0.1) is 10.1 Å². The molecule has 0 saturated carbocycles. The smallest absolute Gasteiger partial charge is 0.292 e. The van der Waals surface area contributed by atoms with Crippen LogP contribution in [0.4, 0.5) is 0 Å². The molecule has 0 aromatic rings. The van der Waals surface area contributed by atoms with E-state index in [1.54, 1.807) is 0 Å². The van der Waals surface area contributed by atoms with Gasteiger partial charge < -0.3 is 15.3 Å². The number of nitro groups is 1. The Balaban J connectivity index is 4.68. The van der Waals surface area contributed by atoms with Gasteiger partial charge in [-0.25, -0.2) is 0 Å². The van der Waals surface area contributed by atoms with Gasteiger partial charge in [0.25, 0.3) is 5.54 Å². The van der Waals surface area contributed by atoms with E-state index in [4.69, 9.17) is 10.2 Å². The van der Waals surface area contributed by atoms with E-state index in [-0.39, 0.29) is 6.42 Å². The van der Waals surface area contributed by atoms with Gasteiger partial charge in [0.05, 0.1) is 0 Å². The van der Waals surface area contributed by atoms with Crippen molar-refractivity contribution >= 4 is 0 Å². The zero-order valence-corrected chi connectivity index (χ0v) is 6.80. The summed E-state index contributed by atoms with van der Waals surface area (Å²) in [6, 6.07) is 0. The lowest BCUT2D eigenvalue weighted by atomic mass is 9.93.